The minimum atomic E-state index is -0.355. The third-order valence-electron chi connectivity index (χ3n) is 2.88. The van der Waals surface area contributed by atoms with Crippen LogP contribution in [-0.2, 0) is 6.54 Å². The van der Waals surface area contributed by atoms with Gasteiger partial charge in [0.05, 0.1) is 11.7 Å². The molecule has 1 atom stereocenters. The van der Waals surface area contributed by atoms with Crippen LogP contribution in [0, 0.1) is 5.82 Å². The summed E-state index contributed by atoms with van der Waals surface area (Å²) >= 11 is 0. The van der Waals surface area contributed by atoms with Gasteiger partial charge in [0.25, 0.3) is 5.91 Å². The van der Waals surface area contributed by atoms with Gasteiger partial charge in [0.2, 0.25) is 0 Å². The van der Waals surface area contributed by atoms with E-state index in [2.05, 4.69) is 10.4 Å². The molecule has 0 spiro atoms. The summed E-state index contributed by atoms with van der Waals surface area (Å²) in [7, 11) is 0. The summed E-state index contributed by atoms with van der Waals surface area (Å²) in [6.07, 6.45) is 1.87. The molecule has 0 radical (unpaired) electrons. The average Bonchev–Trinajstić information content (AvgIpc) is 2.88. The Morgan fingerprint density at radius 3 is 2.63 bits per heavy atom. The smallest absolute Gasteiger partial charge is 0.251 e. The fraction of sp³-hybridized carbons (Fsp3) is 0.286. The van der Waals surface area contributed by atoms with E-state index < -0.39 is 0 Å². The van der Waals surface area contributed by atoms with E-state index in [0.29, 0.717) is 5.56 Å². The monoisotopic (exact) mass is 261 g/mol. The lowest BCUT2D eigenvalue weighted by molar-refractivity contribution is 0.0939. The largest absolute Gasteiger partial charge is 0.344 e. The van der Waals surface area contributed by atoms with Gasteiger partial charge >= 0.3 is 0 Å². The Balaban J connectivity index is 2.04. The highest BCUT2D eigenvalue weighted by molar-refractivity contribution is 5.94. The molecule has 1 aromatic carbocycles. The molecular weight excluding hydrogens is 245 g/mol. The van der Waals surface area contributed by atoms with Crippen molar-refractivity contribution in [3.05, 3.63) is 53.6 Å². The molecule has 2 aromatic rings. The first-order chi connectivity index (χ1) is 9.10. The number of hydrogen-bond donors (Lipinski definition) is 1. The molecule has 1 aromatic heterocycles. The third kappa shape index (κ3) is 3.19. The SMILES string of the molecule is CCn1ccc(C(C)NC(=O)c2ccc(F)cc2)n1. The maximum atomic E-state index is 12.8. The number of amides is 1. The maximum Gasteiger partial charge on any atom is 0.251 e. The van der Waals surface area contributed by atoms with Crippen molar-refractivity contribution in [2.75, 3.05) is 0 Å². The first-order valence-corrected chi connectivity index (χ1v) is 6.20. The summed E-state index contributed by atoms with van der Waals surface area (Å²) in [5.74, 6) is -0.593. The van der Waals surface area contributed by atoms with Crippen LogP contribution < -0.4 is 5.32 Å². The molecule has 1 N–H and O–H groups in total. The average molecular weight is 261 g/mol. The third-order valence-corrected chi connectivity index (χ3v) is 2.88. The van der Waals surface area contributed by atoms with Crippen LogP contribution in [0.4, 0.5) is 4.39 Å². The lowest BCUT2D eigenvalue weighted by atomic mass is 10.2. The molecule has 0 saturated carbocycles. The normalized spacial score (nSPS) is 12.2. The summed E-state index contributed by atoms with van der Waals surface area (Å²) in [6, 6.07) is 7.14. The number of aryl methyl sites for hydroxylation is 1. The van der Waals surface area contributed by atoms with Crippen molar-refractivity contribution in [1.29, 1.82) is 0 Å². The van der Waals surface area contributed by atoms with Gasteiger partial charge in [-0.05, 0) is 44.2 Å². The van der Waals surface area contributed by atoms with E-state index >= 15 is 0 Å². The summed E-state index contributed by atoms with van der Waals surface area (Å²) in [4.78, 5) is 11.9. The van der Waals surface area contributed by atoms with Crippen LogP contribution in [0.1, 0.15) is 35.9 Å². The van der Waals surface area contributed by atoms with E-state index in [1.54, 1.807) is 4.68 Å². The zero-order valence-corrected chi connectivity index (χ0v) is 10.9. The number of nitrogens with one attached hydrogen (secondary N) is 1. The lowest BCUT2D eigenvalue weighted by Gasteiger charge is -2.11. The van der Waals surface area contributed by atoms with Crippen molar-refractivity contribution in [3.63, 3.8) is 0 Å². The summed E-state index contributed by atoms with van der Waals surface area (Å²) < 4.78 is 14.6. The van der Waals surface area contributed by atoms with E-state index in [0.717, 1.165) is 12.2 Å². The van der Waals surface area contributed by atoms with Crippen molar-refractivity contribution in [2.24, 2.45) is 0 Å². The van der Waals surface area contributed by atoms with E-state index in [9.17, 15) is 9.18 Å². The van der Waals surface area contributed by atoms with Gasteiger partial charge in [-0.1, -0.05) is 0 Å². The first kappa shape index (κ1) is 13.3. The Bertz CT molecular complexity index is 562. The second-order valence-corrected chi connectivity index (χ2v) is 4.30. The van der Waals surface area contributed by atoms with Crippen molar-refractivity contribution in [3.8, 4) is 0 Å². The number of carbonyl (C=O) groups is 1. The molecule has 4 nitrogen and oxygen atoms in total. The molecule has 0 bridgehead atoms. The molecule has 0 aliphatic heterocycles. The second-order valence-electron chi connectivity index (χ2n) is 4.30. The minimum absolute atomic E-state index is 0.189. The predicted octanol–water partition coefficient (Wildman–Crippen LogP) is 2.53. The van der Waals surface area contributed by atoms with Gasteiger partial charge in [-0.2, -0.15) is 5.10 Å². The quantitative estimate of drug-likeness (QED) is 0.919. The zero-order valence-electron chi connectivity index (χ0n) is 10.9. The van der Waals surface area contributed by atoms with Gasteiger partial charge in [-0.15, -0.1) is 0 Å². The summed E-state index contributed by atoms with van der Waals surface area (Å²) in [5.41, 5.74) is 1.24. The van der Waals surface area contributed by atoms with Gasteiger partial charge in [0.15, 0.2) is 0 Å². The molecular formula is C14H16FN3O. The van der Waals surface area contributed by atoms with Crippen molar-refractivity contribution in [2.45, 2.75) is 26.4 Å². The Kier molecular flexibility index (Phi) is 3.94. The molecule has 2 rings (SSSR count). The van der Waals surface area contributed by atoms with Gasteiger partial charge in [-0.25, -0.2) is 4.39 Å². The highest BCUT2D eigenvalue weighted by atomic mass is 19.1. The predicted molar refractivity (Wildman–Crippen MR) is 70.2 cm³/mol. The molecule has 100 valence electrons. The Labute approximate surface area is 111 Å². The number of carbonyl (C=O) groups excluding carboxylic acids is 1. The molecule has 0 aliphatic rings. The van der Waals surface area contributed by atoms with Crippen molar-refractivity contribution >= 4 is 5.91 Å². The standard InChI is InChI=1S/C14H16FN3O/c1-3-18-9-8-13(17-18)10(2)16-14(19)11-4-6-12(15)7-5-11/h4-10H,3H2,1-2H3,(H,16,19). The lowest BCUT2D eigenvalue weighted by Crippen LogP contribution is -2.27. The Morgan fingerprint density at radius 1 is 1.37 bits per heavy atom. The van der Waals surface area contributed by atoms with E-state index in [4.69, 9.17) is 0 Å². The number of aromatic nitrogens is 2. The maximum absolute atomic E-state index is 12.8. The molecule has 1 amide bonds. The topological polar surface area (TPSA) is 46.9 Å². The van der Waals surface area contributed by atoms with Gasteiger partial charge in [0, 0.05) is 18.3 Å². The molecule has 0 saturated heterocycles. The van der Waals surface area contributed by atoms with E-state index in [-0.39, 0.29) is 17.8 Å². The van der Waals surface area contributed by atoms with Crippen LogP contribution in [0.15, 0.2) is 36.5 Å². The van der Waals surface area contributed by atoms with Crippen LogP contribution >= 0.6 is 0 Å². The molecule has 19 heavy (non-hydrogen) atoms. The van der Waals surface area contributed by atoms with Crippen LogP contribution in [0.5, 0.6) is 0 Å². The highest BCUT2D eigenvalue weighted by Crippen LogP contribution is 2.11. The van der Waals surface area contributed by atoms with Crippen LogP contribution in [0.3, 0.4) is 0 Å². The Morgan fingerprint density at radius 2 is 2.05 bits per heavy atom. The van der Waals surface area contributed by atoms with Crippen LogP contribution in [0.2, 0.25) is 0 Å². The first-order valence-electron chi connectivity index (χ1n) is 6.20. The van der Waals surface area contributed by atoms with Gasteiger partial charge < -0.3 is 5.32 Å². The molecule has 0 fully saturated rings. The number of nitrogens with zero attached hydrogens (tertiary/aromatic N) is 2. The minimum Gasteiger partial charge on any atom is -0.344 e. The van der Waals surface area contributed by atoms with Crippen LogP contribution in [-0.4, -0.2) is 15.7 Å². The molecule has 1 unspecified atom stereocenters. The van der Waals surface area contributed by atoms with E-state index in [1.807, 2.05) is 26.1 Å². The fourth-order valence-corrected chi connectivity index (χ4v) is 1.74. The molecule has 0 aliphatic carbocycles. The van der Waals surface area contributed by atoms with Crippen molar-refractivity contribution in [1.82, 2.24) is 15.1 Å². The number of rotatable bonds is 4. The number of halogens is 1. The molecule has 1 heterocycles. The highest BCUT2D eigenvalue weighted by Gasteiger charge is 2.13. The summed E-state index contributed by atoms with van der Waals surface area (Å²) in [6.45, 7) is 4.65. The van der Waals surface area contributed by atoms with Crippen molar-refractivity contribution < 1.29 is 9.18 Å². The number of benzene rings is 1. The summed E-state index contributed by atoms with van der Waals surface area (Å²) in [5, 5.41) is 7.16. The van der Waals surface area contributed by atoms with E-state index in [1.165, 1.54) is 24.3 Å². The Hall–Kier alpha value is -2.17. The fourth-order valence-electron chi connectivity index (χ4n) is 1.74. The van der Waals surface area contributed by atoms with Gasteiger partial charge in [0.1, 0.15) is 5.82 Å². The molecule has 5 heteroatoms. The van der Waals surface area contributed by atoms with Crippen LogP contribution in [0.25, 0.3) is 0 Å². The number of hydrogen-bond acceptors (Lipinski definition) is 2. The van der Waals surface area contributed by atoms with Gasteiger partial charge in [-0.3, -0.25) is 9.48 Å². The second kappa shape index (κ2) is 5.65. The zero-order chi connectivity index (χ0) is 13.8.